The average molecular weight is 324 g/mol. The number of carbonyl (C=O) groups excluding carboxylic acids is 2. The summed E-state index contributed by atoms with van der Waals surface area (Å²) in [6, 6.07) is 14.6. The molecule has 2 aromatic carbocycles. The highest BCUT2D eigenvalue weighted by Crippen LogP contribution is 2.18. The maximum Gasteiger partial charge on any atom is 0.246 e. The molecule has 126 valence electrons. The van der Waals surface area contributed by atoms with Gasteiger partial charge in [0.2, 0.25) is 5.91 Å². The van der Waals surface area contributed by atoms with Crippen LogP contribution < -0.4 is 10.6 Å². The van der Waals surface area contributed by atoms with Gasteiger partial charge in [0.15, 0.2) is 5.78 Å². The Kier molecular flexibility index (Phi) is 5.74. The van der Waals surface area contributed by atoms with Crippen LogP contribution in [-0.4, -0.2) is 17.7 Å². The molecular weight excluding hydrogens is 300 g/mol. The van der Waals surface area contributed by atoms with Crippen LogP contribution in [0.25, 0.3) is 0 Å². The van der Waals surface area contributed by atoms with Crippen LogP contribution in [0.3, 0.4) is 0 Å². The normalized spacial score (nSPS) is 11.9. The lowest BCUT2D eigenvalue weighted by Gasteiger charge is -2.16. The van der Waals surface area contributed by atoms with Crippen molar-refractivity contribution < 1.29 is 9.59 Å². The van der Waals surface area contributed by atoms with Crippen LogP contribution in [0.15, 0.2) is 48.5 Å². The number of anilines is 2. The molecule has 0 heterocycles. The van der Waals surface area contributed by atoms with E-state index in [4.69, 9.17) is 0 Å². The van der Waals surface area contributed by atoms with Crippen LogP contribution in [-0.2, 0) is 4.79 Å². The molecule has 0 saturated carbocycles. The van der Waals surface area contributed by atoms with Crippen molar-refractivity contribution in [3.63, 3.8) is 0 Å². The number of hydrogen-bond donors (Lipinski definition) is 2. The Morgan fingerprint density at radius 2 is 1.38 bits per heavy atom. The first-order valence-electron chi connectivity index (χ1n) is 8.15. The summed E-state index contributed by atoms with van der Waals surface area (Å²) in [5.41, 5.74) is 3.48. The van der Waals surface area contributed by atoms with Gasteiger partial charge < -0.3 is 10.6 Å². The zero-order valence-electron chi connectivity index (χ0n) is 14.6. The van der Waals surface area contributed by atoms with Crippen LogP contribution in [0, 0.1) is 0 Å². The van der Waals surface area contributed by atoms with Gasteiger partial charge in [0, 0.05) is 16.9 Å². The molecule has 0 radical (unpaired) electrons. The van der Waals surface area contributed by atoms with Gasteiger partial charge >= 0.3 is 0 Å². The summed E-state index contributed by atoms with van der Waals surface area (Å²) < 4.78 is 0. The Bertz CT molecular complexity index is 703. The van der Waals surface area contributed by atoms with E-state index < -0.39 is 0 Å². The van der Waals surface area contributed by atoms with Crippen molar-refractivity contribution in [3.8, 4) is 0 Å². The summed E-state index contributed by atoms with van der Waals surface area (Å²) in [6.45, 7) is 7.63. The molecule has 4 heteroatoms. The van der Waals surface area contributed by atoms with Crippen molar-refractivity contribution in [2.24, 2.45) is 0 Å². The van der Waals surface area contributed by atoms with Crippen LogP contribution in [0.5, 0.6) is 0 Å². The minimum absolute atomic E-state index is 0.00718. The predicted molar refractivity (Wildman–Crippen MR) is 98.7 cm³/mol. The van der Waals surface area contributed by atoms with Crippen molar-refractivity contribution in [2.45, 2.75) is 39.7 Å². The van der Waals surface area contributed by atoms with Gasteiger partial charge in [0.25, 0.3) is 0 Å². The van der Waals surface area contributed by atoms with Crippen molar-refractivity contribution in [1.82, 2.24) is 0 Å². The zero-order chi connectivity index (χ0) is 17.7. The average Bonchev–Trinajstić information content (AvgIpc) is 2.55. The van der Waals surface area contributed by atoms with Gasteiger partial charge in [-0.25, -0.2) is 0 Å². The maximum atomic E-state index is 12.3. The Balaban J connectivity index is 1.95. The zero-order valence-corrected chi connectivity index (χ0v) is 14.6. The van der Waals surface area contributed by atoms with E-state index in [2.05, 4.69) is 36.6 Å². The molecule has 1 amide bonds. The lowest BCUT2D eigenvalue weighted by Crippen LogP contribution is -2.31. The molecule has 0 aliphatic carbocycles. The minimum atomic E-state index is -0.373. The van der Waals surface area contributed by atoms with Gasteiger partial charge in [-0.2, -0.15) is 0 Å². The second-order valence-corrected chi connectivity index (χ2v) is 6.27. The monoisotopic (exact) mass is 324 g/mol. The van der Waals surface area contributed by atoms with E-state index in [-0.39, 0.29) is 17.7 Å². The Morgan fingerprint density at radius 1 is 0.833 bits per heavy atom. The van der Waals surface area contributed by atoms with Gasteiger partial charge in [-0.05, 0) is 61.7 Å². The van der Waals surface area contributed by atoms with Crippen molar-refractivity contribution >= 4 is 23.1 Å². The highest BCUT2D eigenvalue weighted by Gasteiger charge is 2.13. The fraction of sp³-hybridized carbons (Fsp3) is 0.300. The van der Waals surface area contributed by atoms with Gasteiger partial charge in [-0.15, -0.1) is 0 Å². The van der Waals surface area contributed by atoms with E-state index in [1.807, 2.05) is 19.1 Å². The van der Waals surface area contributed by atoms with E-state index in [1.165, 1.54) is 12.5 Å². The molecule has 2 N–H and O–H groups in total. The number of carbonyl (C=O) groups is 2. The lowest BCUT2D eigenvalue weighted by atomic mass is 10.0. The minimum Gasteiger partial charge on any atom is -0.374 e. The fourth-order valence-electron chi connectivity index (χ4n) is 2.32. The molecule has 0 bridgehead atoms. The van der Waals surface area contributed by atoms with Crippen LogP contribution in [0.2, 0.25) is 0 Å². The van der Waals surface area contributed by atoms with Crippen LogP contribution in [0.4, 0.5) is 11.4 Å². The third kappa shape index (κ3) is 4.69. The van der Waals surface area contributed by atoms with Crippen molar-refractivity contribution in [2.75, 3.05) is 10.6 Å². The summed E-state index contributed by atoms with van der Waals surface area (Å²) in [4.78, 5) is 23.5. The van der Waals surface area contributed by atoms with E-state index in [0.717, 1.165) is 5.69 Å². The van der Waals surface area contributed by atoms with E-state index in [1.54, 1.807) is 24.3 Å². The molecule has 4 nitrogen and oxygen atoms in total. The molecule has 24 heavy (non-hydrogen) atoms. The molecular formula is C20H24N2O2. The van der Waals surface area contributed by atoms with Crippen molar-refractivity contribution in [3.05, 3.63) is 59.7 Å². The Hall–Kier alpha value is -2.62. The number of amides is 1. The van der Waals surface area contributed by atoms with E-state index in [9.17, 15) is 9.59 Å². The summed E-state index contributed by atoms with van der Waals surface area (Å²) in [5, 5.41) is 6.04. The molecule has 0 aromatic heterocycles. The number of ketones is 1. The quantitative estimate of drug-likeness (QED) is 0.772. The van der Waals surface area contributed by atoms with Crippen LogP contribution in [0.1, 0.15) is 49.5 Å². The Labute approximate surface area is 143 Å². The molecule has 0 saturated heterocycles. The third-order valence-electron chi connectivity index (χ3n) is 3.91. The molecule has 0 aliphatic rings. The number of nitrogens with one attached hydrogen (secondary N) is 2. The second-order valence-electron chi connectivity index (χ2n) is 6.27. The third-order valence-corrected chi connectivity index (χ3v) is 3.91. The van der Waals surface area contributed by atoms with Gasteiger partial charge in [-0.1, -0.05) is 26.0 Å². The lowest BCUT2D eigenvalue weighted by molar-refractivity contribution is -0.116. The van der Waals surface area contributed by atoms with Crippen molar-refractivity contribution in [1.29, 1.82) is 0 Å². The Morgan fingerprint density at radius 3 is 1.88 bits per heavy atom. The first-order valence-corrected chi connectivity index (χ1v) is 8.15. The second kappa shape index (κ2) is 7.77. The summed E-state index contributed by atoms with van der Waals surface area (Å²) in [5.74, 6) is 0.365. The highest BCUT2D eigenvalue weighted by atomic mass is 16.2. The molecule has 0 spiro atoms. The smallest absolute Gasteiger partial charge is 0.246 e. The first-order chi connectivity index (χ1) is 11.4. The number of hydrogen-bond acceptors (Lipinski definition) is 3. The van der Waals surface area contributed by atoms with Gasteiger partial charge in [-0.3, -0.25) is 9.59 Å². The SMILES string of the molecule is CC(=O)c1ccc(NC(=O)[C@H](C)Nc2ccc(C(C)C)cc2)cc1. The van der Waals surface area contributed by atoms with Crippen LogP contribution >= 0.6 is 0 Å². The fourth-order valence-corrected chi connectivity index (χ4v) is 2.32. The predicted octanol–water partition coefficient (Wildman–Crippen LogP) is 4.45. The number of Topliss-reactive ketones (excluding diaryl/α,β-unsaturated/α-hetero) is 1. The number of benzene rings is 2. The molecule has 0 fully saturated rings. The molecule has 2 rings (SSSR count). The van der Waals surface area contributed by atoms with Gasteiger partial charge in [0.1, 0.15) is 6.04 Å². The molecule has 0 unspecified atom stereocenters. The summed E-state index contributed by atoms with van der Waals surface area (Å²) in [6.07, 6.45) is 0. The molecule has 0 aliphatic heterocycles. The number of rotatable bonds is 6. The van der Waals surface area contributed by atoms with E-state index >= 15 is 0 Å². The highest BCUT2D eigenvalue weighted by molar-refractivity contribution is 5.97. The standard InChI is InChI=1S/C20H24N2O2/c1-13(2)16-5-9-18(10-6-16)21-14(3)20(24)22-19-11-7-17(8-12-19)15(4)23/h5-14,21H,1-4H3,(H,22,24)/t14-/m0/s1. The van der Waals surface area contributed by atoms with E-state index in [0.29, 0.717) is 17.2 Å². The maximum absolute atomic E-state index is 12.3. The largest absolute Gasteiger partial charge is 0.374 e. The summed E-state index contributed by atoms with van der Waals surface area (Å²) in [7, 11) is 0. The first kappa shape index (κ1) is 17.7. The van der Waals surface area contributed by atoms with Gasteiger partial charge in [0.05, 0.1) is 0 Å². The summed E-state index contributed by atoms with van der Waals surface area (Å²) >= 11 is 0. The topological polar surface area (TPSA) is 58.2 Å². The molecule has 2 aromatic rings. The molecule has 1 atom stereocenters.